The Hall–Kier alpha value is -2.70. The second-order valence-corrected chi connectivity index (χ2v) is 7.30. The molecule has 3 heterocycles. The summed E-state index contributed by atoms with van der Waals surface area (Å²) in [4.78, 5) is 4.51. The third-order valence-corrected chi connectivity index (χ3v) is 4.85. The third kappa shape index (κ3) is 2.79. The van der Waals surface area contributed by atoms with E-state index in [-0.39, 0.29) is 5.41 Å². The zero-order chi connectivity index (χ0) is 17.6. The summed E-state index contributed by atoms with van der Waals surface area (Å²) in [6.45, 7) is 7.51. The molecule has 0 bridgehead atoms. The topological polar surface area (TPSA) is 83.7 Å². The van der Waals surface area contributed by atoms with Crippen molar-refractivity contribution in [3.8, 4) is 23.0 Å². The fourth-order valence-corrected chi connectivity index (χ4v) is 3.43. The van der Waals surface area contributed by atoms with Crippen LogP contribution in [0.2, 0.25) is 0 Å². The number of hydrogen-bond acceptors (Lipinski definition) is 5. The summed E-state index contributed by atoms with van der Waals surface area (Å²) in [7, 11) is 0. The van der Waals surface area contributed by atoms with E-state index in [9.17, 15) is 5.21 Å². The molecule has 0 aliphatic heterocycles. The van der Waals surface area contributed by atoms with E-state index in [1.54, 1.807) is 12.1 Å². The van der Waals surface area contributed by atoms with Gasteiger partial charge in [-0.3, -0.25) is 4.68 Å². The number of rotatable bonds is 3. The molecule has 0 unspecified atom stereocenters. The van der Waals surface area contributed by atoms with Gasteiger partial charge in [-0.1, -0.05) is 19.0 Å². The second-order valence-electron chi connectivity index (χ2n) is 7.30. The Labute approximate surface area is 145 Å². The highest BCUT2D eigenvalue weighted by Crippen LogP contribution is 2.38. The van der Waals surface area contributed by atoms with Crippen LogP contribution in [0.15, 0.2) is 29.0 Å². The fourth-order valence-electron chi connectivity index (χ4n) is 3.43. The summed E-state index contributed by atoms with van der Waals surface area (Å²) in [5.74, 6) is 0.906. The maximum Gasteiger partial charge on any atom is 0.279 e. The molecule has 3 aromatic heterocycles. The van der Waals surface area contributed by atoms with Gasteiger partial charge in [-0.25, -0.2) is 0 Å². The lowest BCUT2D eigenvalue weighted by Gasteiger charge is -2.30. The molecule has 0 amide bonds. The largest absolute Gasteiger partial charge is 0.619 e. The zero-order valence-corrected chi connectivity index (χ0v) is 14.7. The van der Waals surface area contributed by atoms with Crippen molar-refractivity contribution in [2.75, 3.05) is 0 Å². The minimum absolute atomic E-state index is 0.287. The Morgan fingerprint density at radius 1 is 1.32 bits per heavy atom. The quantitative estimate of drug-likeness (QED) is 0.541. The third-order valence-electron chi connectivity index (χ3n) is 4.85. The van der Waals surface area contributed by atoms with E-state index in [1.165, 1.54) is 23.7 Å². The van der Waals surface area contributed by atoms with Crippen molar-refractivity contribution in [3.05, 3.63) is 41.0 Å². The van der Waals surface area contributed by atoms with Crippen molar-refractivity contribution < 1.29 is 9.25 Å². The van der Waals surface area contributed by atoms with Crippen molar-refractivity contribution in [1.82, 2.24) is 19.9 Å². The lowest BCUT2D eigenvalue weighted by Crippen LogP contribution is -2.24. The van der Waals surface area contributed by atoms with Gasteiger partial charge in [0.15, 0.2) is 18.1 Å². The summed E-state index contributed by atoms with van der Waals surface area (Å²) >= 11 is 0. The van der Waals surface area contributed by atoms with E-state index in [0.717, 1.165) is 41.8 Å². The Morgan fingerprint density at radius 2 is 2.08 bits per heavy atom. The van der Waals surface area contributed by atoms with Crippen molar-refractivity contribution in [3.63, 3.8) is 0 Å². The van der Waals surface area contributed by atoms with Crippen molar-refractivity contribution in [2.24, 2.45) is 5.41 Å². The molecule has 0 aromatic carbocycles. The highest BCUT2D eigenvalue weighted by atomic mass is 16.5. The monoisotopic (exact) mass is 339 g/mol. The van der Waals surface area contributed by atoms with Crippen LogP contribution in [-0.4, -0.2) is 19.9 Å². The van der Waals surface area contributed by atoms with Gasteiger partial charge in [0, 0.05) is 35.5 Å². The number of hydrogen-bond donors (Lipinski definition) is 0. The van der Waals surface area contributed by atoms with Crippen LogP contribution in [-0.2, 0) is 19.4 Å². The highest BCUT2D eigenvalue weighted by molar-refractivity contribution is 5.60. The molecule has 1 aliphatic rings. The molecule has 0 saturated heterocycles. The number of nitrogens with zero attached hydrogens (tertiary/aromatic N) is 5. The smallest absolute Gasteiger partial charge is 0.279 e. The molecular weight excluding hydrogens is 318 g/mol. The number of pyridine rings is 1. The zero-order valence-electron chi connectivity index (χ0n) is 14.7. The van der Waals surface area contributed by atoms with Crippen LogP contribution in [0.1, 0.15) is 38.4 Å². The van der Waals surface area contributed by atoms with Crippen molar-refractivity contribution in [2.45, 2.75) is 46.6 Å². The van der Waals surface area contributed by atoms with E-state index >= 15 is 0 Å². The van der Waals surface area contributed by atoms with Gasteiger partial charge in [0.1, 0.15) is 0 Å². The molecule has 0 radical (unpaired) electrons. The SMILES string of the molecule is CCn1nc(-c2nc(-c3cc[n+]([O-])cc3)no2)c2c1CC(C)(C)CC2. The van der Waals surface area contributed by atoms with Crippen LogP contribution >= 0.6 is 0 Å². The first-order valence-corrected chi connectivity index (χ1v) is 8.59. The normalized spacial score (nSPS) is 16.0. The molecular formula is C18H21N5O2. The molecule has 3 aromatic rings. The van der Waals surface area contributed by atoms with E-state index in [2.05, 4.69) is 35.6 Å². The van der Waals surface area contributed by atoms with E-state index < -0.39 is 0 Å². The van der Waals surface area contributed by atoms with Crippen molar-refractivity contribution >= 4 is 0 Å². The van der Waals surface area contributed by atoms with E-state index in [1.807, 2.05) is 0 Å². The van der Waals surface area contributed by atoms with E-state index in [0.29, 0.717) is 11.7 Å². The van der Waals surface area contributed by atoms with Crippen molar-refractivity contribution in [1.29, 1.82) is 0 Å². The van der Waals surface area contributed by atoms with Crippen LogP contribution in [0.5, 0.6) is 0 Å². The maximum absolute atomic E-state index is 11.2. The van der Waals surface area contributed by atoms with Gasteiger partial charge < -0.3 is 9.73 Å². The molecule has 1 aliphatic carbocycles. The predicted molar refractivity (Wildman–Crippen MR) is 91.4 cm³/mol. The second kappa shape index (κ2) is 5.68. The Balaban J connectivity index is 1.74. The molecule has 0 spiro atoms. The standard InChI is InChI=1S/C18H21N5O2/c1-4-23-14-11-18(2,3)8-5-13(14)15(20-23)17-19-16(21-25-17)12-6-9-22(24)10-7-12/h6-7,9-10H,4-5,8,11H2,1-3H3. The van der Waals surface area contributed by atoms with Gasteiger partial charge in [0.25, 0.3) is 5.89 Å². The molecule has 7 nitrogen and oxygen atoms in total. The number of aromatic nitrogens is 5. The summed E-state index contributed by atoms with van der Waals surface area (Å²) in [6, 6.07) is 3.34. The molecule has 0 saturated carbocycles. The van der Waals surface area contributed by atoms with Gasteiger partial charge in [-0.05, 0) is 31.6 Å². The van der Waals surface area contributed by atoms with Gasteiger partial charge in [0.2, 0.25) is 5.82 Å². The average Bonchev–Trinajstić information content (AvgIpc) is 3.18. The molecule has 4 rings (SSSR count). The summed E-state index contributed by atoms with van der Waals surface area (Å²) in [6.07, 6.45) is 5.93. The lowest BCUT2D eigenvalue weighted by molar-refractivity contribution is -0.605. The minimum atomic E-state index is 0.287. The van der Waals surface area contributed by atoms with Crippen LogP contribution in [0, 0.1) is 10.6 Å². The fraction of sp³-hybridized carbons (Fsp3) is 0.444. The number of aryl methyl sites for hydroxylation is 1. The van der Waals surface area contributed by atoms with Crippen LogP contribution in [0.4, 0.5) is 0 Å². The highest BCUT2D eigenvalue weighted by Gasteiger charge is 2.32. The molecule has 25 heavy (non-hydrogen) atoms. The molecule has 0 N–H and O–H groups in total. The summed E-state index contributed by atoms with van der Waals surface area (Å²) < 4.78 is 8.27. The van der Waals surface area contributed by atoms with Gasteiger partial charge in [0.05, 0.1) is 0 Å². The Morgan fingerprint density at radius 3 is 2.80 bits per heavy atom. The first-order valence-electron chi connectivity index (χ1n) is 8.59. The predicted octanol–water partition coefficient (Wildman–Crippen LogP) is 2.77. The summed E-state index contributed by atoms with van der Waals surface area (Å²) in [5.41, 5.74) is 4.32. The maximum atomic E-state index is 11.2. The average molecular weight is 339 g/mol. The van der Waals surface area contributed by atoms with Gasteiger partial charge in [-0.15, -0.1) is 0 Å². The molecule has 7 heteroatoms. The Kier molecular flexibility index (Phi) is 3.59. The first-order chi connectivity index (χ1) is 12.0. The van der Waals surface area contributed by atoms with Gasteiger partial charge in [-0.2, -0.15) is 14.8 Å². The lowest BCUT2D eigenvalue weighted by atomic mass is 9.76. The van der Waals surface area contributed by atoms with Gasteiger partial charge >= 0.3 is 0 Å². The van der Waals surface area contributed by atoms with Crippen LogP contribution < -0.4 is 4.73 Å². The van der Waals surface area contributed by atoms with Crippen LogP contribution in [0.3, 0.4) is 0 Å². The summed E-state index contributed by atoms with van der Waals surface area (Å²) in [5, 5.41) is 20.0. The Bertz CT molecular complexity index is 908. The molecule has 0 fully saturated rings. The first kappa shape index (κ1) is 15.8. The number of fused-ring (bicyclic) bond motifs is 1. The molecule has 0 atom stereocenters. The minimum Gasteiger partial charge on any atom is -0.619 e. The van der Waals surface area contributed by atoms with E-state index in [4.69, 9.17) is 9.62 Å². The van der Waals surface area contributed by atoms with Crippen LogP contribution in [0.25, 0.3) is 23.0 Å². The molecule has 130 valence electrons.